The molecule has 2 aromatic carbocycles. The van der Waals surface area contributed by atoms with Crippen molar-refractivity contribution in [1.29, 1.82) is 0 Å². The molecular weight excluding hydrogens is 195 g/mol. The van der Waals surface area contributed by atoms with Gasteiger partial charge in [-0.3, -0.25) is 0 Å². The maximum Gasteiger partial charge on any atom is 0.157 e. The molecule has 0 atom stereocenters. The molecule has 0 aliphatic rings. The first-order valence-electron chi connectivity index (χ1n) is 4.44. The summed E-state index contributed by atoms with van der Waals surface area (Å²) >= 11 is 0. The van der Waals surface area contributed by atoms with E-state index in [0.717, 1.165) is 10.3 Å². The van der Waals surface area contributed by atoms with Crippen LogP contribution in [0, 0.1) is 5.82 Å². The van der Waals surface area contributed by atoms with Crippen molar-refractivity contribution in [3.8, 4) is 0 Å². The number of benzene rings is 2. The van der Waals surface area contributed by atoms with Gasteiger partial charge in [0.15, 0.2) is 4.90 Å². The molecule has 0 aromatic heterocycles. The number of fused-ring (bicyclic) bond motifs is 1. The standard InChI is InChI=1S/C12H12FS/c1-14(2)10-7-9-5-3-4-6-11(9)12(13)8-10/h3-8H,1-2H3/q+1. The van der Waals surface area contributed by atoms with Gasteiger partial charge in [0.05, 0.1) is 0 Å². The van der Waals surface area contributed by atoms with Crippen LogP contribution in [0.4, 0.5) is 4.39 Å². The van der Waals surface area contributed by atoms with Crippen molar-refractivity contribution < 1.29 is 4.39 Å². The van der Waals surface area contributed by atoms with Gasteiger partial charge in [-0.1, -0.05) is 24.3 Å². The zero-order valence-corrected chi connectivity index (χ0v) is 9.07. The Morgan fingerprint density at radius 1 is 1.07 bits per heavy atom. The molecule has 0 amide bonds. The van der Waals surface area contributed by atoms with Crippen molar-refractivity contribution in [2.75, 3.05) is 12.5 Å². The summed E-state index contributed by atoms with van der Waals surface area (Å²) in [6, 6.07) is 11.3. The van der Waals surface area contributed by atoms with Crippen molar-refractivity contribution in [3.63, 3.8) is 0 Å². The Balaban J connectivity index is 2.72. The zero-order chi connectivity index (χ0) is 10.1. The van der Waals surface area contributed by atoms with Gasteiger partial charge in [0.1, 0.15) is 18.3 Å². The van der Waals surface area contributed by atoms with Gasteiger partial charge in [0, 0.05) is 28.4 Å². The van der Waals surface area contributed by atoms with Crippen LogP contribution in [-0.2, 0) is 10.9 Å². The van der Waals surface area contributed by atoms with E-state index in [0.29, 0.717) is 5.39 Å². The van der Waals surface area contributed by atoms with E-state index in [-0.39, 0.29) is 16.7 Å². The van der Waals surface area contributed by atoms with E-state index in [9.17, 15) is 4.39 Å². The van der Waals surface area contributed by atoms with Crippen molar-refractivity contribution in [1.82, 2.24) is 0 Å². The van der Waals surface area contributed by atoms with E-state index in [1.165, 1.54) is 0 Å². The third-order valence-corrected chi connectivity index (χ3v) is 3.43. The second-order valence-electron chi connectivity index (χ2n) is 3.44. The lowest BCUT2D eigenvalue weighted by Crippen LogP contribution is -1.96. The number of halogens is 1. The Bertz CT molecular complexity index is 463. The van der Waals surface area contributed by atoms with Crippen LogP contribution in [0.25, 0.3) is 10.8 Å². The van der Waals surface area contributed by atoms with Crippen molar-refractivity contribution in [2.24, 2.45) is 0 Å². The van der Waals surface area contributed by atoms with E-state index >= 15 is 0 Å². The first kappa shape index (κ1) is 9.53. The minimum atomic E-state index is -0.112. The van der Waals surface area contributed by atoms with Gasteiger partial charge in [-0.05, 0) is 5.39 Å². The molecule has 72 valence electrons. The van der Waals surface area contributed by atoms with E-state index in [4.69, 9.17) is 0 Å². The molecule has 0 saturated heterocycles. The highest BCUT2D eigenvalue weighted by Gasteiger charge is 2.12. The van der Waals surface area contributed by atoms with E-state index in [2.05, 4.69) is 18.6 Å². The third-order valence-electron chi connectivity index (χ3n) is 2.26. The fourth-order valence-corrected chi connectivity index (χ4v) is 2.18. The SMILES string of the molecule is C[S+](C)c1cc(F)c2ccccc2c1. The van der Waals surface area contributed by atoms with Crippen molar-refractivity contribution in [2.45, 2.75) is 4.90 Å². The second-order valence-corrected chi connectivity index (χ2v) is 5.55. The van der Waals surface area contributed by atoms with Gasteiger partial charge >= 0.3 is 0 Å². The lowest BCUT2D eigenvalue weighted by atomic mass is 10.1. The first-order valence-corrected chi connectivity index (χ1v) is 6.48. The Morgan fingerprint density at radius 3 is 2.50 bits per heavy atom. The molecule has 2 rings (SSSR count). The van der Waals surface area contributed by atoms with Crippen LogP contribution in [0.3, 0.4) is 0 Å². The molecule has 0 heterocycles. The number of rotatable bonds is 1. The van der Waals surface area contributed by atoms with Crippen LogP contribution in [0.5, 0.6) is 0 Å². The van der Waals surface area contributed by atoms with Crippen LogP contribution in [0.2, 0.25) is 0 Å². The Morgan fingerprint density at radius 2 is 1.79 bits per heavy atom. The highest BCUT2D eigenvalue weighted by molar-refractivity contribution is 7.95. The van der Waals surface area contributed by atoms with E-state index in [1.54, 1.807) is 6.07 Å². The molecule has 0 unspecified atom stereocenters. The van der Waals surface area contributed by atoms with Crippen molar-refractivity contribution in [3.05, 3.63) is 42.2 Å². The fraction of sp³-hybridized carbons (Fsp3) is 0.167. The predicted octanol–water partition coefficient (Wildman–Crippen LogP) is 3.22. The molecule has 0 bridgehead atoms. The number of hydrogen-bond donors (Lipinski definition) is 0. The average Bonchev–Trinajstić information content (AvgIpc) is 2.17. The predicted molar refractivity (Wildman–Crippen MR) is 61.4 cm³/mol. The summed E-state index contributed by atoms with van der Waals surface area (Å²) < 4.78 is 13.6. The maximum atomic E-state index is 13.6. The molecule has 0 aliphatic carbocycles. The van der Waals surface area contributed by atoms with Gasteiger partial charge in [0.25, 0.3) is 0 Å². The zero-order valence-electron chi connectivity index (χ0n) is 8.25. The Kier molecular flexibility index (Phi) is 2.46. The van der Waals surface area contributed by atoms with E-state index < -0.39 is 0 Å². The maximum absolute atomic E-state index is 13.6. The summed E-state index contributed by atoms with van der Waals surface area (Å²) in [4.78, 5) is 1.08. The molecule has 0 radical (unpaired) electrons. The lowest BCUT2D eigenvalue weighted by Gasteiger charge is -2.01. The summed E-state index contributed by atoms with van der Waals surface area (Å²) in [5.41, 5.74) is 0. The van der Waals surface area contributed by atoms with Crippen LogP contribution < -0.4 is 0 Å². The summed E-state index contributed by atoms with van der Waals surface area (Å²) in [5.74, 6) is -0.112. The highest BCUT2D eigenvalue weighted by Crippen LogP contribution is 2.22. The topological polar surface area (TPSA) is 0 Å². The first-order chi connectivity index (χ1) is 6.68. The van der Waals surface area contributed by atoms with Gasteiger partial charge in [0.2, 0.25) is 0 Å². The van der Waals surface area contributed by atoms with Crippen molar-refractivity contribution >= 4 is 21.7 Å². The molecule has 0 aliphatic heterocycles. The van der Waals surface area contributed by atoms with E-state index in [1.807, 2.05) is 24.3 Å². The second kappa shape index (κ2) is 3.62. The average molecular weight is 207 g/mol. The molecule has 14 heavy (non-hydrogen) atoms. The smallest absolute Gasteiger partial charge is 0.157 e. The summed E-state index contributed by atoms with van der Waals surface area (Å²) in [6.45, 7) is 0. The van der Waals surface area contributed by atoms with Crippen LogP contribution in [-0.4, -0.2) is 12.5 Å². The molecule has 0 N–H and O–H groups in total. The Hall–Kier alpha value is -1.02. The van der Waals surface area contributed by atoms with Crippen LogP contribution in [0.1, 0.15) is 0 Å². The molecule has 0 spiro atoms. The normalized spacial score (nSPS) is 11.1. The summed E-state index contributed by atoms with van der Waals surface area (Å²) in [5, 5.41) is 1.70. The van der Waals surface area contributed by atoms with Gasteiger partial charge in [-0.2, -0.15) is 0 Å². The summed E-state index contributed by atoms with van der Waals surface area (Å²) in [7, 11) is 0.115. The monoisotopic (exact) mass is 207 g/mol. The largest absolute Gasteiger partial charge is 0.206 e. The molecule has 0 fully saturated rings. The molecular formula is C12H12FS+. The lowest BCUT2D eigenvalue weighted by molar-refractivity contribution is 0.636. The Labute approximate surface area is 86.1 Å². The quantitative estimate of drug-likeness (QED) is 0.630. The molecule has 0 nitrogen and oxygen atoms in total. The minimum absolute atomic E-state index is 0.112. The third kappa shape index (κ3) is 1.62. The number of hydrogen-bond acceptors (Lipinski definition) is 0. The fourth-order valence-electron chi connectivity index (χ4n) is 1.47. The van der Waals surface area contributed by atoms with Gasteiger partial charge < -0.3 is 0 Å². The molecule has 2 aromatic rings. The van der Waals surface area contributed by atoms with Gasteiger partial charge in [-0.25, -0.2) is 4.39 Å². The summed E-state index contributed by atoms with van der Waals surface area (Å²) in [6.07, 6.45) is 4.20. The molecule has 2 heteroatoms. The van der Waals surface area contributed by atoms with Crippen LogP contribution >= 0.6 is 0 Å². The highest BCUT2D eigenvalue weighted by atomic mass is 32.2. The van der Waals surface area contributed by atoms with Crippen LogP contribution in [0.15, 0.2) is 41.3 Å². The van der Waals surface area contributed by atoms with Gasteiger partial charge in [-0.15, -0.1) is 0 Å². The minimum Gasteiger partial charge on any atom is -0.206 e. The molecule has 0 saturated carbocycles.